The molecule has 17 heavy (non-hydrogen) atoms. The predicted molar refractivity (Wildman–Crippen MR) is 69.6 cm³/mol. The molecule has 1 heterocycles. The lowest BCUT2D eigenvalue weighted by Gasteiger charge is -2.18. The second-order valence-corrected chi connectivity index (χ2v) is 5.40. The fourth-order valence-electron chi connectivity index (χ4n) is 1.41. The molecule has 1 amide bonds. The Balaban J connectivity index is 0.000000239. The molecule has 4 nitrogen and oxygen atoms in total. The summed E-state index contributed by atoms with van der Waals surface area (Å²) >= 11 is 1.25. The van der Waals surface area contributed by atoms with E-state index >= 15 is 0 Å². The maximum Gasteiger partial charge on any atom is 0.264 e. The van der Waals surface area contributed by atoms with Gasteiger partial charge in [0, 0.05) is 0 Å². The summed E-state index contributed by atoms with van der Waals surface area (Å²) in [5.41, 5.74) is 5.11. The smallest absolute Gasteiger partial charge is 0.264 e. The molecule has 5 heteroatoms. The molecule has 0 radical (unpaired) electrons. The standard InChI is InChI=1S/C7H10N2O2S.C5H10/c1-3-11-7-5(6(8)10)12-4(2)9-7;1-5-3-2-4-5/h3H2,1-2H3,(H2,8,10);5H,2-4H2,1H3. The van der Waals surface area contributed by atoms with Crippen molar-refractivity contribution in [1.29, 1.82) is 0 Å². The first-order chi connectivity index (χ1) is 8.04. The van der Waals surface area contributed by atoms with Crippen LogP contribution in [0.1, 0.15) is 47.8 Å². The molecule has 2 rings (SSSR count). The van der Waals surface area contributed by atoms with Crippen LogP contribution >= 0.6 is 11.3 Å². The molecule has 1 aliphatic carbocycles. The average molecular weight is 256 g/mol. The largest absolute Gasteiger partial charge is 0.477 e. The Hall–Kier alpha value is -1.10. The van der Waals surface area contributed by atoms with Crippen LogP contribution in [-0.4, -0.2) is 17.5 Å². The van der Waals surface area contributed by atoms with Crippen LogP contribution in [0.5, 0.6) is 5.88 Å². The third-order valence-corrected chi connectivity index (χ3v) is 3.57. The Bertz CT molecular complexity index is 373. The van der Waals surface area contributed by atoms with Crippen molar-refractivity contribution in [3.63, 3.8) is 0 Å². The number of amides is 1. The molecule has 1 aromatic rings. The Labute approximate surface area is 106 Å². The van der Waals surface area contributed by atoms with E-state index in [0.29, 0.717) is 17.4 Å². The minimum absolute atomic E-state index is 0.354. The molecule has 0 aliphatic heterocycles. The summed E-state index contributed by atoms with van der Waals surface area (Å²) in [6, 6.07) is 0. The number of rotatable bonds is 3. The minimum Gasteiger partial charge on any atom is -0.477 e. The second-order valence-electron chi connectivity index (χ2n) is 4.20. The zero-order valence-electron chi connectivity index (χ0n) is 10.7. The molecule has 2 N–H and O–H groups in total. The average Bonchev–Trinajstić information content (AvgIpc) is 2.58. The third kappa shape index (κ3) is 4.34. The number of nitrogens with zero attached hydrogens (tertiary/aromatic N) is 1. The number of aryl methyl sites for hydroxylation is 1. The van der Waals surface area contributed by atoms with Crippen LogP contribution in [0.4, 0.5) is 0 Å². The van der Waals surface area contributed by atoms with Gasteiger partial charge in [-0.1, -0.05) is 26.2 Å². The highest BCUT2D eigenvalue weighted by Crippen LogP contribution is 2.24. The van der Waals surface area contributed by atoms with Crippen LogP contribution in [0.15, 0.2) is 0 Å². The maximum atomic E-state index is 10.8. The fourth-order valence-corrected chi connectivity index (χ4v) is 2.13. The quantitative estimate of drug-likeness (QED) is 0.904. The molecular weight excluding hydrogens is 236 g/mol. The molecule has 0 unspecified atom stereocenters. The summed E-state index contributed by atoms with van der Waals surface area (Å²) in [5.74, 6) is 0.937. The van der Waals surface area contributed by atoms with Gasteiger partial charge in [-0.3, -0.25) is 4.79 Å². The first-order valence-corrected chi connectivity index (χ1v) is 6.76. The van der Waals surface area contributed by atoms with Crippen molar-refractivity contribution in [1.82, 2.24) is 4.98 Å². The van der Waals surface area contributed by atoms with Gasteiger partial charge in [0.1, 0.15) is 0 Å². The van der Waals surface area contributed by atoms with E-state index in [1.54, 1.807) is 6.92 Å². The van der Waals surface area contributed by atoms with Gasteiger partial charge in [0.05, 0.1) is 11.6 Å². The van der Waals surface area contributed by atoms with E-state index in [2.05, 4.69) is 11.9 Å². The summed E-state index contributed by atoms with van der Waals surface area (Å²) in [6.45, 7) is 6.44. The number of primary amides is 1. The first kappa shape index (κ1) is 14.0. The molecule has 1 saturated carbocycles. The zero-order valence-corrected chi connectivity index (χ0v) is 11.5. The molecule has 0 atom stereocenters. The predicted octanol–water partition coefficient (Wildman–Crippen LogP) is 2.76. The molecule has 0 spiro atoms. The summed E-state index contributed by atoms with van der Waals surface area (Å²) < 4.78 is 5.12. The number of hydrogen-bond donors (Lipinski definition) is 1. The highest BCUT2D eigenvalue weighted by Gasteiger charge is 2.14. The lowest BCUT2D eigenvalue weighted by atomic mass is 9.88. The maximum absolute atomic E-state index is 10.8. The van der Waals surface area contributed by atoms with Crippen molar-refractivity contribution < 1.29 is 9.53 Å². The van der Waals surface area contributed by atoms with E-state index in [1.165, 1.54) is 30.6 Å². The summed E-state index contributed by atoms with van der Waals surface area (Å²) in [5, 5.41) is 0.784. The van der Waals surface area contributed by atoms with Gasteiger partial charge in [0.15, 0.2) is 4.88 Å². The lowest BCUT2D eigenvalue weighted by Crippen LogP contribution is -2.10. The highest BCUT2D eigenvalue weighted by molar-refractivity contribution is 7.13. The Morgan fingerprint density at radius 3 is 2.53 bits per heavy atom. The number of nitrogens with two attached hydrogens (primary N) is 1. The topological polar surface area (TPSA) is 65.2 Å². The molecule has 0 bridgehead atoms. The SMILES string of the molecule is CC1CCC1.CCOc1nc(C)sc1C(N)=O. The van der Waals surface area contributed by atoms with Crippen molar-refractivity contribution in [3.8, 4) is 5.88 Å². The van der Waals surface area contributed by atoms with E-state index < -0.39 is 5.91 Å². The first-order valence-electron chi connectivity index (χ1n) is 5.94. The monoisotopic (exact) mass is 256 g/mol. The summed E-state index contributed by atoms with van der Waals surface area (Å²) in [6.07, 6.45) is 4.46. The normalized spacial score (nSPS) is 14.5. The van der Waals surface area contributed by atoms with Crippen LogP contribution < -0.4 is 10.5 Å². The van der Waals surface area contributed by atoms with Gasteiger partial charge in [0.25, 0.3) is 5.91 Å². The Morgan fingerprint density at radius 1 is 1.59 bits per heavy atom. The molecular formula is C12H20N2O2S. The Morgan fingerprint density at radius 2 is 2.18 bits per heavy atom. The number of thiazole rings is 1. The van der Waals surface area contributed by atoms with Gasteiger partial charge in [-0.25, -0.2) is 4.98 Å². The van der Waals surface area contributed by atoms with Crippen molar-refractivity contribution in [3.05, 3.63) is 9.88 Å². The van der Waals surface area contributed by atoms with Crippen LogP contribution in [0, 0.1) is 12.8 Å². The van der Waals surface area contributed by atoms with Crippen molar-refractivity contribution in [2.45, 2.75) is 40.0 Å². The van der Waals surface area contributed by atoms with Crippen molar-refractivity contribution >= 4 is 17.2 Å². The number of hydrogen-bond acceptors (Lipinski definition) is 4. The second kappa shape index (κ2) is 6.59. The van der Waals surface area contributed by atoms with Crippen molar-refractivity contribution in [2.24, 2.45) is 11.7 Å². The van der Waals surface area contributed by atoms with Gasteiger partial charge >= 0.3 is 0 Å². The number of carbonyl (C=O) groups is 1. The zero-order chi connectivity index (χ0) is 12.8. The summed E-state index contributed by atoms with van der Waals surface area (Å²) in [4.78, 5) is 15.2. The summed E-state index contributed by atoms with van der Waals surface area (Å²) in [7, 11) is 0. The minimum atomic E-state index is -0.482. The highest BCUT2D eigenvalue weighted by atomic mass is 32.1. The molecule has 1 fully saturated rings. The third-order valence-electron chi connectivity index (χ3n) is 2.60. The number of carbonyl (C=O) groups excluding carboxylic acids is 1. The van der Waals surface area contributed by atoms with Gasteiger partial charge in [-0.2, -0.15) is 0 Å². The van der Waals surface area contributed by atoms with Gasteiger partial charge in [0.2, 0.25) is 5.88 Å². The van der Waals surface area contributed by atoms with Crippen LogP contribution in [0.3, 0.4) is 0 Å². The van der Waals surface area contributed by atoms with Gasteiger partial charge in [-0.05, 0) is 19.8 Å². The number of aromatic nitrogens is 1. The molecule has 0 saturated heterocycles. The van der Waals surface area contributed by atoms with Crippen molar-refractivity contribution in [2.75, 3.05) is 6.61 Å². The van der Waals surface area contributed by atoms with Gasteiger partial charge < -0.3 is 10.5 Å². The van der Waals surface area contributed by atoms with Crippen LogP contribution in [-0.2, 0) is 0 Å². The van der Waals surface area contributed by atoms with E-state index in [0.717, 1.165) is 10.9 Å². The van der Waals surface area contributed by atoms with Crippen LogP contribution in [0.25, 0.3) is 0 Å². The number of ether oxygens (including phenoxy) is 1. The molecule has 1 aliphatic rings. The lowest BCUT2D eigenvalue weighted by molar-refractivity contribution is 0.100. The van der Waals surface area contributed by atoms with E-state index in [4.69, 9.17) is 10.5 Å². The van der Waals surface area contributed by atoms with Crippen LogP contribution in [0.2, 0.25) is 0 Å². The fraction of sp³-hybridized carbons (Fsp3) is 0.667. The molecule has 0 aromatic carbocycles. The van der Waals surface area contributed by atoms with Gasteiger partial charge in [-0.15, -0.1) is 11.3 Å². The van der Waals surface area contributed by atoms with E-state index in [9.17, 15) is 4.79 Å². The molecule has 96 valence electrons. The van der Waals surface area contributed by atoms with E-state index in [1.807, 2.05) is 6.92 Å². The Kier molecular flexibility index (Phi) is 5.41. The van der Waals surface area contributed by atoms with E-state index in [-0.39, 0.29) is 0 Å². The molecule has 1 aromatic heterocycles.